The molecule has 0 spiro atoms. The van der Waals surface area contributed by atoms with Gasteiger partial charge >= 0.3 is 5.97 Å². The van der Waals surface area contributed by atoms with Crippen LogP contribution in [0.4, 0.5) is 5.00 Å². The van der Waals surface area contributed by atoms with Gasteiger partial charge < -0.3 is 14.8 Å². The van der Waals surface area contributed by atoms with E-state index in [0.717, 1.165) is 15.3 Å². The molecular formula is C15H17NO4S2. The normalized spacial score (nSPS) is 10.5. The molecule has 0 unspecified atom stereocenters. The Kier molecular flexibility index (Phi) is 5.70. The number of ether oxygens (including phenoxy) is 2. The molecule has 0 bridgehead atoms. The molecule has 0 aliphatic heterocycles. The zero-order valence-corrected chi connectivity index (χ0v) is 14.2. The smallest absolute Gasteiger partial charge is 0.341 e. The van der Waals surface area contributed by atoms with Crippen molar-refractivity contribution in [1.82, 2.24) is 0 Å². The molecule has 2 aromatic rings. The number of anilines is 1. The highest BCUT2D eigenvalue weighted by atomic mass is 32.1. The molecule has 0 aliphatic rings. The first kappa shape index (κ1) is 16.7. The van der Waals surface area contributed by atoms with Crippen LogP contribution in [0.1, 0.15) is 22.2 Å². The minimum atomic E-state index is -0.428. The van der Waals surface area contributed by atoms with E-state index in [1.54, 1.807) is 18.3 Å². The van der Waals surface area contributed by atoms with Gasteiger partial charge in [0.15, 0.2) is 0 Å². The lowest BCUT2D eigenvalue weighted by Gasteiger charge is -2.07. The van der Waals surface area contributed by atoms with E-state index >= 15 is 0 Å². The molecule has 1 amide bonds. The number of amides is 1. The molecule has 1 N–H and O–H groups in total. The fourth-order valence-electron chi connectivity index (χ4n) is 2.04. The Morgan fingerprint density at radius 3 is 2.73 bits per heavy atom. The van der Waals surface area contributed by atoms with E-state index in [1.807, 2.05) is 24.4 Å². The SMILES string of the molecule is CCOC(=O)c1c(NC(=O)COC)sc(C)c1-c1cccs1. The van der Waals surface area contributed by atoms with Crippen LogP contribution < -0.4 is 5.32 Å². The number of carbonyl (C=O) groups excluding carboxylic acids is 2. The van der Waals surface area contributed by atoms with Crippen LogP contribution in [-0.2, 0) is 14.3 Å². The minimum Gasteiger partial charge on any atom is -0.462 e. The summed E-state index contributed by atoms with van der Waals surface area (Å²) in [6, 6.07) is 3.87. The summed E-state index contributed by atoms with van der Waals surface area (Å²) in [5.41, 5.74) is 1.24. The molecule has 22 heavy (non-hydrogen) atoms. The number of rotatable bonds is 6. The van der Waals surface area contributed by atoms with Crippen molar-refractivity contribution in [2.75, 3.05) is 25.6 Å². The first-order chi connectivity index (χ1) is 10.6. The summed E-state index contributed by atoms with van der Waals surface area (Å²) in [6.45, 7) is 3.90. The molecule has 0 radical (unpaired) electrons. The van der Waals surface area contributed by atoms with Crippen molar-refractivity contribution in [3.05, 3.63) is 28.0 Å². The van der Waals surface area contributed by atoms with Gasteiger partial charge in [-0.3, -0.25) is 4.79 Å². The Morgan fingerprint density at radius 1 is 1.36 bits per heavy atom. The van der Waals surface area contributed by atoms with Crippen LogP contribution >= 0.6 is 22.7 Å². The van der Waals surface area contributed by atoms with E-state index in [2.05, 4.69) is 5.32 Å². The first-order valence-corrected chi connectivity index (χ1v) is 8.41. The maximum atomic E-state index is 12.3. The van der Waals surface area contributed by atoms with Gasteiger partial charge in [-0.15, -0.1) is 22.7 Å². The van der Waals surface area contributed by atoms with Crippen LogP contribution in [0.15, 0.2) is 17.5 Å². The number of hydrogen-bond donors (Lipinski definition) is 1. The third-order valence-corrected chi connectivity index (χ3v) is 4.77. The third kappa shape index (κ3) is 3.55. The van der Waals surface area contributed by atoms with E-state index in [0.29, 0.717) is 10.6 Å². The van der Waals surface area contributed by atoms with Gasteiger partial charge in [-0.25, -0.2) is 4.79 Å². The van der Waals surface area contributed by atoms with Gasteiger partial charge in [-0.05, 0) is 25.3 Å². The van der Waals surface area contributed by atoms with Crippen molar-refractivity contribution in [3.63, 3.8) is 0 Å². The molecule has 2 heterocycles. The van der Waals surface area contributed by atoms with E-state index in [4.69, 9.17) is 9.47 Å². The summed E-state index contributed by atoms with van der Waals surface area (Å²) in [5, 5.41) is 5.18. The van der Waals surface area contributed by atoms with Gasteiger partial charge in [0.1, 0.15) is 17.2 Å². The van der Waals surface area contributed by atoms with E-state index < -0.39 is 5.97 Å². The Balaban J connectivity index is 2.47. The summed E-state index contributed by atoms with van der Waals surface area (Å²) < 4.78 is 9.96. The standard InChI is InChI=1S/C15H17NO4S2/c1-4-20-15(18)13-12(10-6-5-7-21-10)9(2)22-14(13)16-11(17)8-19-3/h5-7H,4,8H2,1-3H3,(H,16,17). The zero-order valence-electron chi connectivity index (χ0n) is 12.6. The van der Waals surface area contributed by atoms with E-state index in [9.17, 15) is 9.59 Å². The van der Waals surface area contributed by atoms with Gasteiger partial charge in [0.2, 0.25) is 0 Å². The number of aryl methyl sites for hydroxylation is 1. The molecule has 118 valence electrons. The highest BCUT2D eigenvalue weighted by Crippen LogP contribution is 2.42. The van der Waals surface area contributed by atoms with E-state index in [1.165, 1.54) is 18.4 Å². The average Bonchev–Trinajstić information content (AvgIpc) is 3.06. The molecule has 0 aromatic carbocycles. The molecule has 7 heteroatoms. The zero-order chi connectivity index (χ0) is 16.1. The molecule has 5 nitrogen and oxygen atoms in total. The Bertz CT molecular complexity index is 661. The molecule has 0 saturated heterocycles. The lowest BCUT2D eigenvalue weighted by molar-refractivity contribution is -0.119. The van der Waals surface area contributed by atoms with Crippen LogP contribution in [0.25, 0.3) is 10.4 Å². The molecular weight excluding hydrogens is 322 g/mol. The molecule has 0 fully saturated rings. The second kappa shape index (κ2) is 7.53. The summed E-state index contributed by atoms with van der Waals surface area (Å²) in [4.78, 5) is 26.0. The van der Waals surface area contributed by atoms with Crippen molar-refractivity contribution < 1.29 is 19.1 Å². The fraction of sp³-hybridized carbons (Fsp3) is 0.333. The third-order valence-electron chi connectivity index (χ3n) is 2.86. The Labute approximate surface area is 136 Å². The van der Waals surface area contributed by atoms with Crippen LogP contribution in [0.3, 0.4) is 0 Å². The van der Waals surface area contributed by atoms with Crippen molar-refractivity contribution >= 4 is 39.6 Å². The number of esters is 1. The monoisotopic (exact) mass is 339 g/mol. The summed E-state index contributed by atoms with van der Waals surface area (Å²) in [6.07, 6.45) is 0. The predicted octanol–water partition coefficient (Wildman–Crippen LogP) is 3.55. The number of thiophene rings is 2. The fourth-order valence-corrected chi connectivity index (χ4v) is 4.01. The lowest BCUT2D eigenvalue weighted by Crippen LogP contribution is -2.18. The number of hydrogen-bond acceptors (Lipinski definition) is 6. The summed E-state index contributed by atoms with van der Waals surface area (Å²) >= 11 is 2.91. The van der Waals surface area contributed by atoms with Crippen molar-refractivity contribution in [3.8, 4) is 10.4 Å². The first-order valence-electron chi connectivity index (χ1n) is 6.71. The van der Waals surface area contributed by atoms with Gasteiger partial charge in [-0.1, -0.05) is 6.07 Å². The van der Waals surface area contributed by atoms with Gasteiger partial charge in [0.25, 0.3) is 5.91 Å². The van der Waals surface area contributed by atoms with E-state index in [-0.39, 0.29) is 19.1 Å². The second-order valence-electron chi connectivity index (χ2n) is 4.42. The maximum Gasteiger partial charge on any atom is 0.341 e. The van der Waals surface area contributed by atoms with Crippen molar-refractivity contribution in [2.24, 2.45) is 0 Å². The molecule has 0 saturated carbocycles. The van der Waals surface area contributed by atoms with Crippen LogP contribution in [0.2, 0.25) is 0 Å². The van der Waals surface area contributed by atoms with Crippen molar-refractivity contribution in [1.29, 1.82) is 0 Å². The van der Waals surface area contributed by atoms with Crippen LogP contribution in [-0.4, -0.2) is 32.2 Å². The number of carbonyl (C=O) groups is 2. The number of methoxy groups -OCH3 is 1. The van der Waals surface area contributed by atoms with Gasteiger partial charge in [0, 0.05) is 22.4 Å². The van der Waals surface area contributed by atoms with Crippen LogP contribution in [0, 0.1) is 6.92 Å². The van der Waals surface area contributed by atoms with Crippen molar-refractivity contribution in [2.45, 2.75) is 13.8 Å². The highest BCUT2D eigenvalue weighted by molar-refractivity contribution is 7.18. The predicted molar refractivity (Wildman–Crippen MR) is 88.8 cm³/mol. The lowest BCUT2D eigenvalue weighted by atomic mass is 10.1. The van der Waals surface area contributed by atoms with Gasteiger partial charge in [0.05, 0.1) is 6.61 Å². The second-order valence-corrected chi connectivity index (χ2v) is 6.59. The topological polar surface area (TPSA) is 64.6 Å². The largest absolute Gasteiger partial charge is 0.462 e. The maximum absolute atomic E-state index is 12.3. The Morgan fingerprint density at radius 2 is 2.14 bits per heavy atom. The summed E-state index contributed by atoms with van der Waals surface area (Å²) in [7, 11) is 1.45. The molecule has 0 aliphatic carbocycles. The van der Waals surface area contributed by atoms with Crippen LogP contribution in [0.5, 0.6) is 0 Å². The molecule has 0 atom stereocenters. The molecule has 2 rings (SSSR count). The highest BCUT2D eigenvalue weighted by Gasteiger charge is 2.25. The minimum absolute atomic E-state index is 0.0620. The average molecular weight is 339 g/mol. The quantitative estimate of drug-likeness (QED) is 0.818. The molecule has 2 aromatic heterocycles. The summed E-state index contributed by atoms with van der Waals surface area (Å²) in [5.74, 6) is -0.727. The Hall–Kier alpha value is -1.70. The van der Waals surface area contributed by atoms with Gasteiger partial charge in [-0.2, -0.15) is 0 Å². The number of nitrogens with one attached hydrogen (secondary N) is 1.